The van der Waals surface area contributed by atoms with Gasteiger partial charge in [0, 0.05) is 12.4 Å². The summed E-state index contributed by atoms with van der Waals surface area (Å²) in [5, 5.41) is 2.23. The van der Waals surface area contributed by atoms with Crippen molar-refractivity contribution in [1.29, 1.82) is 0 Å². The van der Waals surface area contributed by atoms with Crippen molar-refractivity contribution in [3.63, 3.8) is 0 Å². The molecule has 0 aromatic carbocycles. The van der Waals surface area contributed by atoms with Gasteiger partial charge in [-0.2, -0.15) is 5.43 Å². The van der Waals surface area contributed by atoms with Crippen molar-refractivity contribution in [2.24, 2.45) is 5.29 Å². The van der Waals surface area contributed by atoms with E-state index in [9.17, 15) is 19.2 Å². The van der Waals surface area contributed by atoms with Gasteiger partial charge in [0.2, 0.25) is 0 Å². The monoisotopic (exact) mass is 315 g/mol. The first-order valence-corrected chi connectivity index (χ1v) is 7.94. The molecule has 8 nitrogen and oxygen atoms in total. The maximum absolute atomic E-state index is 12.1. The number of carbonyl (C=O) groups is 1. The number of carbonyl (C=O) groups excluding carboxylic acids is 1. The summed E-state index contributed by atoms with van der Waals surface area (Å²) >= 11 is 5.53. The Balaban J connectivity index is 4.96. The predicted octanol–water partition coefficient (Wildman–Crippen LogP) is 2.26. The Labute approximate surface area is 116 Å². The minimum atomic E-state index is -4.06. The summed E-state index contributed by atoms with van der Waals surface area (Å²) in [6.07, 6.45) is 0.123. The van der Waals surface area contributed by atoms with Crippen molar-refractivity contribution in [3.8, 4) is 0 Å². The number of hydrogen-bond acceptors (Lipinski definition) is 5. The largest absolute Gasteiger partial charge is 0.350 e. The second-order valence-corrected chi connectivity index (χ2v) is 6.38. The van der Waals surface area contributed by atoms with Crippen LogP contribution < -0.4 is 5.43 Å². The van der Waals surface area contributed by atoms with Crippen LogP contribution in [0.5, 0.6) is 0 Å². The third kappa shape index (κ3) is 5.86. The number of hydrogen-bond donors (Lipinski definition) is 2. The van der Waals surface area contributed by atoms with E-state index in [1.165, 1.54) is 6.92 Å². The van der Waals surface area contributed by atoms with Crippen molar-refractivity contribution < 1.29 is 18.8 Å². The minimum absolute atomic E-state index is 0.0154. The van der Waals surface area contributed by atoms with Gasteiger partial charge in [-0.25, -0.2) is 4.79 Å². The Morgan fingerprint density at radius 1 is 1.58 bits per heavy atom. The molecule has 0 aliphatic rings. The fraction of sp³-hybridized carbons (Fsp3) is 0.889. The van der Waals surface area contributed by atoms with Crippen molar-refractivity contribution in [3.05, 3.63) is 4.91 Å². The number of urea groups is 1. The van der Waals surface area contributed by atoms with Crippen LogP contribution in [0, 0.1) is 4.91 Å². The molecule has 0 bridgehead atoms. The number of halogens is 1. The van der Waals surface area contributed by atoms with Crippen molar-refractivity contribution >= 4 is 25.2 Å². The molecule has 0 radical (unpaired) electrons. The van der Waals surface area contributed by atoms with Crippen LogP contribution in [-0.2, 0) is 9.09 Å². The number of alkyl halides is 1. The van der Waals surface area contributed by atoms with Crippen LogP contribution in [-0.4, -0.2) is 40.1 Å². The Hall–Kier alpha value is -0.690. The lowest BCUT2D eigenvalue weighted by atomic mass is 10.3. The number of nitrogens with zero attached hydrogens (tertiary/aromatic N) is 2. The molecule has 3 unspecified atom stereocenters. The van der Waals surface area contributed by atoms with Gasteiger partial charge in [-0.15, -0.1) is 16.5 Å². The number of rotatable bonds is 8. The first-order chi connectivity index (χ1) is 8.80. The molecule has 10 heteroatoms. The van der Waals surface area contributed by atoms with Crippen LogP contribution in [0.1, 0.15) is 27.2 Å². The summed E-state index contributed by atoms with van der Waals surface area (Å²) in [7, 11) is -4.06. The fourth-order valence-electron chi connectivity index (χ4n) is 1.25. The second kappa shape index (κ2) is 8.47. The van der Waals surface area contributed by atoms with Gasteiger partial charge >= 0.3 is 13.6 Å². The van der Waals surface area contributed by atoms with E-state index in [1.807, 2.05) is 0 Å². The summed E-state index contributed by atoms with van der Waals surface area (Å²) in [6, 6.07) is -0.898. The Kier molecular flexibility index (Phi) is 8.17. The molecular weight excluding hydrogens is 297 g/mol. The molecule has 3 atom stereocenters. The summed E-state index contributed by atoms with van der Waals surface area (Å²) in [6.45, 7) is 4.78. The zero-order valence-electron chi connectivity index (χ0n) is 11.1. The fourth-order valence-corrected chi connectivity index (χ4v) is 2.84. The first-order valence-electron chi connectivity index (χ1n) is 5.75. The van der Waals surface area contributed by atoms with Gasteiger partial charge in [-0.05, 0) is 20.3 Å². The smallest absolute Gasteiger partial charge is 0.323 e. The summed E-state index contributed by atoms with van der Waals surface area (Å²) in [5.74, 6) is -1.10. The van der Waals surface area contributed by atoms with Gasteiger partial charge in [0.25, 0.3) is 0 Å². The minimum Gasteiger partial charge on any atom is -0.323 e. The molecule has 19 heavy (non-hydrogen) atoms. The summed E-state index contributed by atoms with van der Waals surface area (Å²) in [5.41, 5.74) is 1.66. The number of nitrogens with one attached hydrogen (secondary N) is 1. The lowest BCUT2D eigenvalue weighted by molar-refractivity contribution is 0.153. The molecule has 0 aromatic rings. The highest BCUT2D eigenvalue weighted by atomic mass is 35.5. The van der Waals surface area contributed by atoms with Gasteiger partial charge in [0.05, 0.1) is 11.4 Å². The van der Waals surface area contributed by atoms with E-state index in [1.54, 1.807) is 19.3 Å². The van der Waals surface area contributed by atoms with E-state index in [0.29, 0.717) is 6.42 Å². The molecule has 2 amide bonds. The van der Waals surface area contributed by atoms with Gasteiger partial charge in [-0.1, -0.05) is 6.92 Å². The van der Waals surface area contributed by atoms with E-state index >= 15 is 0 Å². The Morgan fingerprint density at radius 2 is 2.16 bits per heavy atom. The molecular formula is C9H19ClN3O5P. The van der Waals surface area contributed by atoms with Gasteiger partial charge in [-0.3, -0.25) is 4.57 Å². The lowest BCUT2D eigenvalue weighted by Crippen LogP contribution is -2.44. The maximum atomic E-state index is 12.1. The van der Waals surface area contributed by atoms with E-state index in [4.69, 9.17) is 16.1 Å². The van der Waals surface area contributed by atoms with Crippen LogP contribution in [0.2, 0.25) is 0 Å². The Bertz CT molecular complexity index is 357. The topological polar surface area (TPSA) is 108 Å². The van der Waals surface area contributed by atoms with Gasteiger partial charge < -0.3 is 14.3 Å². The van der Waals surface area contributed by atoms with Crippen LogP contribution in [0.4, 0.5) is 4.79 Å². The third-order valence-corrected chi connectivity index (χ3v) is 4.61. The first kappa shape index (κ1) is 18.3. The molecule has 0 saturated heterocycles. The van der Waals surface area contributed by atoms with Crippen molar-refractivity contribution in [2.45, 2.75) is 39.1 Å². The molecule has 0 heterocycles. The normalized spacial score (nSPS) is 17.1. The summed E-state index contributed by atoms with van der Waals surface area (Å²) < 4.78 is 17.1. The highest BCUT2D eigenvalue weighted by Gasteiger charge is 2.37. The van der Waals surface area contributed by atoms with Crippen LogP contribution >= 0.6 is 19.2 Å². The zero-order valence-corrected chi connectivity index (χ0v) is 12.7. The van der Waals surface area contributed by atoms with Gasteiger partial charge in [0.15, 0.2) is 0 Å². The Morgan fingerprint density at radius 3 is 2.58 bits per heavy atom. The van der Waals surface area contributed by atoms with Crippen LogP contribution in [0.25, 0.3) is 0 Å². The highest BCUT2D eigenvalue weighted by molar-refractivity contribution is 7.53. The quantitative estimate of drug-likeness (QED) is 0.309. The van der Waals surface area contributed by atoms with Crippen LogP contribution in [0.3, 0.4) is 0 Å². The molecule has 0 rings (SSSR count). The van der Waals surface area contributed by atoms with Crippen molar-refractivity contribution in [2.75, 3.05) is 12.4 Å². The van der Waals surface area contributed by atoms with E-state index in [-0.39, 0.29) is 12.4 Å². The molecule has 0 fully saturated rings. The number of amides is 2. The van der Waals surface area contributed by atoms with E-state index < -0.39 is 25.5 Å². The molecule has 0 spiro atoms. The zero-order chi connectivity index (χ0) is 15.1. The molecule has 0 aliphatic heterocycles. The average Bonchev–Trinajstić information content (AvgIpc) is 2.34. The molecule has 2 N–H and O–H groups in total. The molecule has 112 valence electrons. The molecule has 0 saturated carbocycles. The molecule has 0 aliphatic carbocycles. The third-order valence-electron chi connectivity index (χ3n) is 2.56. The predicted molar refractivity (Wildman–Crippen MR) is 71.9 cm³/mol. The summed E-state index contributed by atoms with van der Waals surface area (Å²) in [4.78, 5) is 32.4. The lowest BCUT2D eigenvalue weighted by Gasteiger charge is -2.31. The van der Waals surface area contributed by atoms with Crippen molar-refractivity contribution in [1.82, 2.24) is 10.3 Å². The number of nitroso groups, excluding NO2 is 1. The second-order valence-electron chi connectivity index (χ2n) is 3.91. The SMILES string of the molecule is CCC(C)OP(=O)(O)C(C)N(CCCl)C(=O)NN=O. The van der Waals surface area contributed by atoms with Gasteiger partial charge in [0.1, 0.15) is 5.78 Å². The molecule has 0 aromatic heterocycles. The van der Waals surface area contributed by atoms with Crippen LogP contribution in [0.15, 0.2) is 5.29 Å². The standard InChI is InChI=1S/C9H19ClN3O5P/c1-4-7(2)18-19(16,17)8(3)13(6-5-10)9(14)11-12-15/h7-8H,4-6H2,1-3H3,(H,16,17)(H,11,14,15). The highest BCUT2D eigenvalue weighted by Crippen LogP contribution is 2.50. The van der Waals surface area contributed by atoms with E-state index in [2.05, 4.69) is 5.29 Å². The van der Waals surface area contributed by atoms with E-state index in [0.717, 1.165) is 4.90 Å². The maximum Gasteiger partial charge on any atom is 0.350 e. The average molecular weight is 316 g/mol.